The van der Waals surface area contributed by atoms with Crippen LogP contribution in [0.25, 0.3) is 10.2 Å². The van der Waals surface area contributed by atoms with Crippen LogP contribution in [0.5, 0.6) is 0 Å². The molecule has 0 saturated carbocycles. The van der Waals surface area contributed by atoms with E-state index in [2.05, 4.69) is 20.2 Å². The maximum absolute atomic E-state index is 10.5. The molecule has 0 spiro atoms. The van der Waals surface area contributed by atoms with E-state index < -0.39 is 4.92 Å². The molecule has 0 bridgehead atoms. The summed E-state index contributed by atoms with van der Waals surface area (Å²) >= 11 is 1.56. The molecule has 21 heavy (non-hydrogen) atoms. The van der Waals surface area contributed by atoms with Gasteiger partial charge in [0, 0.05) is 6.07 Å². The normalized spacial score (nSPS) is 11.2. The topological polar surface area (TPSA) is 93.6 Å². The molecule has 2 heterocycles. The van der Waals surface area contributed by atoms with Gasteiger partial charge < -0.3 is 0 Å². The number of fused-ring (bicyclic) bond motifs is 1. The number of pyridine rings is 1. The van der Waals surface area contributed by atoms with Gasteiger partial charge in [0.05, 0.1) is 15.1 Å². The third kappa shape index (κ3) is 3.06. The van der Waals surface area contributed by atoms with Gasteiger partial charge in [0.2, 0.25) is 0 Å². The van der Waals surface area contributed by atoms with Crippen LogP contribution in [-0.4, -0.2) is 14.9 Å². The van der Waals surface area contributed by atoms with Crippen molar-refractivity contribution in [3.05, 3.63) is 57.7 Å². The second-order valence-corrected chi connectivity index (χ2v) is 5.22. The number of benzene rings is 1. The van der Waals surface area contributed by atoms with Crippen molar-refractivity contribution in [2.24, 2.45) is 10.2 Å². The van der Waals surface area contributed by atoms with Crippen LogP contribution in [0.15, 0.2) is 52.8 Å². The minimum absolute atomic E-state index is 0.0693. The van der Waals surface area contributed by atoms with Crippen molar-refractivity contribution in [3.8, 4) is 0 Å². The van der Waals surface area contributed by atoms with Gasteiger partial charge in [-0.3, -0.25) is 10.1 Å². The SMILES string of the molecule is O=[N+]([O-])c1ccc(N=NCc2nc3ccccc3s2)nc1. The fraction of sp³-hybridized carbons (Fsp3) is 0.0769. The molecule has 1 aromatic carbocycles. The van der Waals surface area contributed by atoms with Crippen LogP contribution in [0.2, 0.25) is 0 Å². The van der Waals surface area contributed by atoms with Crippen molar-refractivity contribution in [1.82, 2.24) is 9.97 Å². The second kappa shape index (κ2) is 5.71. The van der Waals surface area contributed by atoms with E-state index in [1.807, 2.05) is 24.3 Å². The minimum Gasteiger partial charge on any atom is -0.258 e. The Hall–Kier alpha value is -2.74. The van der Waals surface area contributed by atoms with E-state index in [9.17, 15) is 10.1 Å². The van der Waals surface area contributed by atoms with Crippen molar-refractivity contribution < 1.29 is 4.92 Å². The number of aromatic nitrogens is 2. The number of nitro groups is 1. The average molecular weight is 299 g/mol. The fourth-order valence-electron chi connectivity index (χ4n) is 1.70. The first kappa shape index (κ1) is 13.3. The lowest BCUT2D eigenvalue weighted by Crippen LogP contribution is -1.87. The van der Waals surface area contributed by atoms with Gasteiger partial charge in [0.15, 0.2) is 5.82 Å². The molecule has 3 rings (SSSR count). The van der Waals surface area contributed by atoms with Gasteiger partial charge in [-0.1, -0.05) is 12.1 Å². The Labute approximate surface area is 123 Å². The Kier molecular flexibility index (Phi) is 3.61. The monoisotopic (exact) mass is 299 g/mol. The first-order valence-electron chi connectivity index (χ1n) is 6.05. The molecule has 0 aliphatic carbocycles. The summed E-state index contributed by atoms with van der Waals surface area (Å²) in [6.07, 6.45) is 1.16. The minimum atomic E-state index is -0.505. The molecule has 7 nitrogen and oxygen atoms in total. The maximum Gasteiger partial charge on any atom is 0.287 e. The van der Waals surface area contributed by atoms with E-state index in [4.69, 9.17) is 0 Å². The first-order chi connectivity index (χ1) is 10.2. The molecule has 0 N–H and O–H groups in total. The molecule has 0 unspecified atom stereocenters. The number of nitrogens with zero attached hydrogens (tertiary/aromatic N) is 5. The highest BCUT2D eigenvalue weighted by molar-refractivity contribution is 7.18. The lowest BCUT2D eigenvalue weighted by molar-refractivity contribution is -0.385. The summed E-state index contributed by atoms with van der Waals surface area (Å²) in [5.74, 6) is 0.335. The zero-order valence-electron chi connectivity index (χ0n) is 10.7. The van der Waals surface area contributed by atoms with Gasteiger partial charge in [0.1, 0.15) is 17.7 Å². The molecular formula is C13H9N5O2S. The second-order valence-electron chi connectivity index (χ2n) is 4.11. The molecule has 2 aromatic heterocycles. The van der Waals surface area contributed by atoms with Gasteiger partial charge in [-0.2, -0.15) is 5.11 Å². The van der Waals surface area contributed by atoms with Crippen LogP contribution in [0.3, 0.4) is 0 Å². The number of hydrogen-bond donors (Lipinski definition) is 0. The highest BCUT2D eigenvalue weighted by Crippen LogP contribution is 2.22. The largest absolute Gasteiger partial charge is 0.287 e. The molecule has 0 radical (unpaired) electrons. The molecule has 0 aliphatic rings. The molecule has 0 aliphatic heterocycles. The highest BCUT2D eigenvalue weighted by atomic mass is 32.1. The van der Waals surface area contributed by atoms with E-state index in [0.717, 1.165) is 21.4 Å². The van der Waals surface area contributed by atoms with Crippen molar-refractivity contribution >= 4 is 33.1 Å². The smallest absolute Gasteiger partial charge is 0.258 e. The summed E-state index contributed by atoms with van der Waals surface area (Å²) in [6, 6.07) is 10.7. The van der Waals surface area contributed by atoms with Crippen LogP contribution < -0.4 is 0 Å². The molecular weight excluding hydrogens is 290 g/mol. The van der Waals surface area contributed by atoms with Gasteiger partial charge in [-0.25, -0.2) is 9.97 Å². The van der Waals surface area contributed by atoms with Crippen LogP contribution in [0.1, 0.15) is 5.01 Å². The van der Waals surface area contributed by atoms with E-state index in [-0.39, 0.29) is 5.69 Å². The van der Waals surface area contributed by atoms with Crippen molar-refractivity contribution in [3.63, 3.8) is 0 Å². The molecule has 104 valence electrons. The zero-order valence-corrected chi connectivity index (χ0v) is 11.5. The quantitative estimate of drug-likeness (QED) is 0.415. The lowest BCUT2D eigenvalue weighted by Gasteiger charge is -1.91. The van der Waals surface area contributed by atoms with Gasteiger partial charge in [-0.15, -0.1) is 16.5 Å². The third-order valence-electron chi connectivity index (χ3n) is 2.66. The summed E-state index contributed by atoms with van der Waals surface area (Å²) in [5.41, 5.74) is 0.876. The highest BCUT2D eigenvalue weighted by Gasteiger charge is 2.05. The maximum atomic E-state index is 10.5. The summed E-state index contributed by atoms with van der Waals surface area (Å²) in [5, 5.41) is 19.3. The van der Waals surface area contributed by atoms with Crippen LogP contribution >= 0.6 is 11.3 Å². The Balaban J connectivity index is 1.70. The third-order valence-corrected chi connectivity index (χ3v) is 3.68. The predicted octanol–water partition coefficient (Wildman–Crippen LogP) is 3.88. The Bertz CT molecular complexity index is 780. The van der Waals surface area contributed by atoms with Crippen molar-refractivity contribution in [2.45, 2.75) is 6.54 Å². The van der Waals surface area contributed by atoms with Crippen LogP contribution in [0, 0.1) is 10.1 Å². The molecule has 0 fully saturated rings. The number of rotatable bonds is 4. The van der Waals surface area contributed by atoms with E-state index in [0.29, 0.717) is 12.4 Å². The number of para-hydroxylation sites is 1. The molecule has 3 aromatic rings. The Morgan fingerprint density at radius 2 is 2.10 bits per heavy atom. The Morgan fingerprint density at radius 3 is 2.81 bits per heavy atom. The zero-order chi connectivity index (χ0) is 14.7. The summed E-state index contributed by atoms with van der Waals surface area (Å²) < 4.78 is 1.11. The number of hydrogen-bond acceptors (Lipinski definition) is 7. The average Bonchev–Trinajstić information content (AvgIpc) is 2.90. The fourth-order valence-corrected chi connectivity index (χ4v) is 2.59. The Morgan fingerprint density at radius 1 is 1.24 bits per heavy atom. The van der Waals surface area contributed by atoms with E-state index >= 15 is 0 Å². The molecule has 0 amide bonds. The lowest BCUT2D eigenvalue weighted by atomic mass is 10.3. The summed E-state index contributed by atoms with van der Waals surface area (Å²) in [4.78, 5) is 18.3. The van der Waals surface area contributed by atoms with Gasteiger partial charge in [-0.05, 0) is 18.2 Å². The number of azo groups is 1. The summed E-state index contributed by atoms with van der Waals surface area (Å²) in [6.45, 7) is 0.359. The van der Waals surface area contributed by atoms with Crippen LogP contribution in [-0.2, 0) is 6.54 Å². The number of thiazole rings is 1. The molecule has 0 atom stereocenters. The standard InChI is InChI=1S/C13H9N5O2S/c19-18(20)9-5-6-12(14-7-9)17-15-8-13-16-10-3-1-2-4-11(10)21-13/h1-7H,8H2. The van der Waals surface area contributed by atoms with Crippen LogP contribution in [0.4, 0.5) is 11.5 Å². The predicted molar refractivity (Wildman–Crippen MR) is 78.7 cm³/mol. The van der Waals surface area contributed by atoms with Crippen molar-refractivity contribution in [2.75, 3.05) is 0 Å². The summed E-state index contributed by atoms with van der Waals surface area (Å²) in [7, 11) is 0. The van der Waals surface area contributed by atoms with Gasteiger partial charge >= 0.3 is 0 Å². The van der Waals surface area contributed by atoms with E-state index in [1.54, 1.807) is 11.3 Å². The van der Waals surface area contributed by atoms with Crippen molar-refractivity contribution in [1.29, 1.82) is 0 Å². The van der Waals surface area contributed by atoms with Gasteiger partial charge in [0.25, 0.3) is 5.69 Å². The molecule has 8 heteroatoms. The molecule has 0 saturated heterocycles. The first-order valence-corrected chi connectivity index (χ1v) is 6.86. The van der Waals surface area contributed by atoms with E-state index in [1.165, 1.54) is 12.1 Å².